The number of nitrogens with one attached hydrogen (secondary N) is 2. The molecular formula is C20H22N6O2S. The van der Waals surface area contributed by atoms with Crippen LogP contribution in [0.15, 0.2) is 36.0 Å². The number of aromatic nitrogens is 3. The van der Waals surface area contributed by atoms with Crippen molar-refractivity contribution in [3.63, 3.8) is 0 Å². The second-order valence-corrected chi connectivity index (χ2v) is 8.04. The van der Waals surface area contributed by atoms with Crippen molar-refractivity contribution in [3.8, 4) is 0 Å². The van der Waals surface area contributed by atoms with Gasteiger partial charge in [0.25, 0.3) is 5.91 Å². The molecule has 2 atom stereocenters. The van der Waals surface area contributed by atoms with Crippen molar-refractivity contribution in [1.82, 2.24) is 25.2 Å². The zero-order chi connectivity index (χ0) is 20.4. The van der Waals surface area contributed by atoms with Crippen LogP contribution in [0.2, 0.25) is 0 Å². The van der Waals surface area contributed by atoms with E-state index in [4.69, 9.17) is 0 Å². The number of amides is 2. The Labute approximate surface area is 172 Å². The highest BCUT2D eigenvalue weighted by Crippen LogP contribution is 2.27. The third-order valence-corrected chi connectivity index (χ3v) is 5.83. The number of thiophene rings is 1. The van der Waals surface area contributed by atoms with Gasteiger partial charge in [-0.1, -0.05) is 6.07 Å². The van der Waals surface area contributed by atoms with E-state index in [0.29, 0.717) is 24.7 Å². The summed E-state index contributed by atoms with van der Waals surface area (Å²) in [6, 6.07) is 5.68. The smallest absolute Gasteiger partial charge is 0.274 e. The SMILES string of the molecule is CC(=O)N[C@@H]1CCN(C(=O)c2nc(N[C@@H](C)c3cccnc3)nc3ccsc23)C1. The number of nitrogens with zero attached hydrogens (tertiary/aromatic N) is 4. The van der Waals surface area contributed by atoms with Crippen LogP contribution in [-0.4, -0.2) is 50.8 Å². The molecular weight excluding hydrogens is 388 g/mol. The molecule has 0 unspecified atom stereocenters. The van der Waals surface area contributed by atoms with Crippen LogP contribution in [-0.2, 0) is 4.79 Å². The summed E-state index contributed by atoms with van der Waals surface area (Å²) in [6.07, 6.45) is 4.26. The number of hydrogen-bond donors (Lipinski definition) is 2. The maximum atomic E-state index is 13.2. The van der Waals surface area contributed by atoms with Gasteiger partial charge in [-0.2, -0.15) is 0 Å². The Bertz CT molecular complexity index is 1040. The van der Waals surface area contributed by atoms with Crippen LogP contribution in [0, 0.1) is 0 Å². The molecule has 8 nitrogen and oxygen atoms in total. The van der Waals surface area contributed by atoms with Crippen LogP contribution in [0.3, 0.4) is 0 Å². The molecule has 0 radical (unpaired) electrons. The summed E-state index contributed by atoms with van der Waals surface area (Å²) in [5.74, 6) is 0.195. The molecule has 0 aliphatic carbocycles. The minimum absolute atomic E-state index is 0.0136. The van der Waals surface area contributed by atoms with Gasteiger partial charge in [-0.25, -0.2) is 9.97 Å². The van der Waals surface area contributed by atoms with Gasteiger partial charge in [-0.15, -0.1) is 11.3 Å². The van der Waals surface area contributed by atoms with Crippen molar-refractivity contribution in [2.24, 2.45) is 0 Å². The number of rotatable bonds is 5. The van der Waals surface area contributed by atoms with Gasteiger partial charge < -0.3 is 15.5 Å². The molecule has 0 bridgehead atoms. The van der Waals surface area contributed by atoms with Crippen LogP contribution in [0.4, 0.5) is 5.95 Å². The number of anilines is 1. The van der Waals surface area contributed by atoms with Crippen molar-refractivity contribution in [1.29, 1.82) is 0 Å². The first kappa shape index (κ1) is 19.3. The number of likely N-dealkylation sites (tertiary alicyclic amines) is 1. The highest BCUT2D eigenvalue weighted by molar-refractivity contribution is 7.17. The zero-order valence-corrected chi connectivity index (χ0v) is 17.1. The lowest BCUT2D eigenvalue weighted by Gasteiger charge is -2.18. The monoisotopic (exact) mass is 410 g/mol. The summed E-state index contributed by atoms with van der Waals surface area (Å²) in [5, 5.41) is 8.07. The second kappa shape index (κ2) is 8.12. The molecule has 0 saturated carbocycles. The minimum Gasteiger partial charge on any atom is -0.352 e. The molecule has 1 saturated heterocycles. The summed E-state index contributed by atoms with van der Waals surface area (Å²) >= 11 is 1.46. The van der Waals surface area contributed by atoms with Gasteiger partial charge in [0, 0.05) is 38.4 Å². The summed E-state index contributed by atoms with van der Waals surface area (Å²) in [5.41, 5.74) is 2.15. The molecule has 4 heterocycles. The van der Waals surface area contributed by atoms with Gasteiger partial charge in [0.2, 0.25) is 11.9 Å². The Kier molecular flexibility index (Phi) is 5.39. The maximum absolute atomic E-state index is 13.2. The van der Waals surface area contributed by atoms with E-state index in [1.807, 2.05) is 30.5 Å². The minimum atomic E-state index is -0.134. The summed E-state index contributed by atoms with van der Waals surface area (Å²) in [4.78, 5) is 39.5. The van der Waals surface area contributed by atoms with E-state index in [1.54, 1.807) is 17.3 Å². The molecule has 2 N–H and O–H groups in total. The Morgan fingerprint density at radius 3 is 2.93 bits per heavy atom. The molecule has 3 aromatic heterocycles. The van der Waals surface area contributed by atoms with Crippen molar-refractivity contribution >= 4 is 39.3 Å². The first-order valence-corrected chi connectivity index (χ1v) is 10.4. The molecule has 0 spiro atoms. The number of carbonyl (C=O) groups excluding carboxylic acids is 2. The first-order chi connectivity index (χ1) is 14.0. The molecule has 29 heavy (non-hydrogen) atoms. The lowest BCUT2D eigenvalue weighted by molar-refractivity contribution is -0.119. The molecule has 1 fully saturated rings. The quantitative estimate of drug-likeness (QED) is 0.671. The number of hydrogen-bond acceptors (Lipinski definition) is 7. The lowest BCUT2D eigenvalue weighted by atomic mass is 10.1. The third-order valence-electron chi connectivity index (χ3n) is 4.92. The Morgan fingerprint density at radius 2 is 2.17 bits per heavy atom. The predicted octanol–water partition coefficient (Wildman–Crippen LogP) is 2.61. The normalized spacial score (nSPS) is 17.3. The van der Waals surface area contributed by atoms with E-state index in [1.165, 1.54) is 18.3 Å². The summed E-state index contributed by atoms with van der Waals surface area (Å²) in [6.45, 7) is 4.57. The largest absolute Gasteiger partial charge is 0.352 e. The van der Waals surface area contributed by atoms with E-state index in [9.17, 15) is 9.59 Å². The van der Waals surface area contributed by atoms with Crippen LogP contribution < -0.4 is 10.6 Å². The van der Waals surface area contributed by atoms with E-state index < -0.39 is 0 Å². The van der Waals surface area contributed by atoms with E-state index >= 15 is 0 Å². The molecule has 9 heteroatoms. The Balaban J connectivity index is 1.58. The summed E-state index contributed by atoms with van der Waals surface area (Å²) in [7, 11) is 0. The molecule has 1 aliphatic heterocycles. The van der Waals surface area contributed by atoms with Crippen molar-refractivity contribution in [2.45, 2.75) is 32.4 Å². The fourth-order valence-corrected chi connectivity index (χ4v) is 4.29. The molecule has 4 rings (SSSR count). The van der Waals surface area contributed by atoms with Gasteiger partial charge in [-0.05, 0) is 36.4 Å². The number of pyridine rings is 1. The van der Waals surface area contributed by atoms with E-state index in [2.05, 4.69) is 25.6 Å². The predicted molar refractivity (Wildman–Crippen MR) is 112 cm³/mol. The average molecular weight is 411 g/mol. The average Bonchev–Trinajstić information content (AvgIpc) is 3.36. The third kappa shape index (κ3) is 4.19. The van der Waals surface area contributed by atoms with Gasteiger partial charge in [0.15, 0.2) is 5.69 Å². The zero-order valence-electron chi connectivity index (χ0n) is 16.3. The van der Waals surface area contributed by atoms with Gasteiger partial charge >= 0.3 is 0 Å². The van der Waals surface area contributed by atoms with E-state index in [0.717, 1.165) is 22.2 Å². The van der Waals surface area contributed by atoms with Crippen LogP contribution in [0.5, 0.6) is 0 Å². The molecule has 150 valence electrons. The van der Waals surface area contributed by atoms with Crippen molar-refractivity contribution < 1.29 is 9.59 Å². The molecule has 2 amide bonds. The van der Waals surface area contributed by atoms with Gasteiger partial charge in [0.05, 0.1) is 16.3 Å². The molecule has 3 aromatic rings. The topological polar surface area (TPSA) is 100 Å². The van der Waals surface area contributed by atoms with E-state index in [-0.39, 0.29) is 23.9 Å². The lowest BCUT2D eigenvalue weighted by Crippen LogP contribution is -2.37. The Morgan fingerprint density at radius 1 is 1.31 bits per heavy atom. The van der Waals surface area contributed by atoms with Crippen LogP contribution >= 0.6 is 11.3 Å². The molecule has 1 aliphatic rings. The number of carbonyl (C=O) groups is 2. The maximum Gasteiger partial charge on any atom is 0.274 e. The molecule has 0 aromatic carbocycles. The standard InChI is InChI=1S/C20H22N6O2S/c1-12(14-4-3-7-21-10-14)22-20-24-16-6-9-29-18(16)17(25-20)19(28)26-8-5-15(11-26)23-13(2)27/h3-4,6-7,9-10,12,15H,5,8,11H2,1-2H3,(H,23,27)(H,22,24,25)/t12-,15+/m0/s1. The first-order valence-electron chi connectivity index (χ1n) is 9.49. The van der Waals surface area contributed by atoms with Crippen LogP contribution in [0.1, 0.15) is 42.4 Å². The highest BCUT2D eigenvalue weighted by Gasteiger charge is 2.30. The van der Waals surface area contributed by atoms with Crippen LogP contribution in [0.25, 0.3) is 10.2 Å². The Hall–Kier alpha value is -3.07. The number of fused-ring (bicyclic) bond motifs is 1. The fourth-order valence-electron chi connectivity index (χ4n) is 3.48. The van der Waals surface area contributed by atoms with Crippen molar-refractivity contribution in [2.75, 3.05) is 18.4 Å². The fraction of sp³-hybridized carbons (Fsp3) is 0.350. The summed E-state index contributed by atoms with van der Waals surface area (Å²) < 4.78 is 0.776. The highest BCUT2D eigenvalue weighted by atomic mass is 32.1. The van der Waals surface area contributed by atoms with Gasteiger partial charge in [-0.3, -0.25) is 14.6 Å². The van der Waals surface area contributed by atoms with Gasteiger partial charge in [0.1, 0.15) is 0 Å². The van der Waals surface area contributed by atoms with Crippen molar-refractivity contribution in [3.05, 3.63) is 47.2 Å². The second-order valence-electron chi connectivity index (χ2n) is 7.12.